The van der Waals surface area contributed by atoms with Crippen LogP contribution in [0.25, 0.3) is 0 Å². The van der Waals surface area contributed by atoms with Gasteiger partial charge in [0.25, 0.3) is 11.8 Å². The molecule has 0 unspecified atom stereocenters. The molecule has 0 aromatic heterocycles. The maximum absolute atomic E-state index is 12.2. The number of amides is 3. The number of imide groups is 1. The lowest BCUT2D eigenvalue weighted by Crippen LogP contribution is -2.34. The van der Waals surface area contributed by atoms with Crippen LogP contribution in [0.5, 0.6) is 0 Å². The van der Waals surface area contributed by atoms with Crippen molar-refractivity contribution in [2.75, 3.05) is 17.7 Å². The first-order valence-electron chi connectivity index (χ1n) is 8.16. The van der Waals surface area contributed by atoms with Crippen LogP contribution in [0.15, 0.2) is 53.4 Å². The zero-order chi connectivity index (χ0) is 19.2. The third-order valence-corrected chi connectivity index (χ3v) is 4.77. The minimum absolute atomic E-state index is 0.120. The second-order valence-corrected chi connectivity index (χ2v) is 6.81. The molecule has 1 aliphatic heterocycles. The third kappa shape index (κ3) is 4.95. The topological polar surface area (TPSA) is 102 Å². The predicted octanol–water partition coefficient (Wildman–Crippen LogP) is 2.23. The van der Waals surface area contributed by atoms with Crippen molar-refractivity contribution in [3.05, 3.63) is 59.7 Å². The van der Waals surface area contributed by atoms with Gasteiger partial charge in [0.15, 0.2) is 6.61 Å². The van der Waals surface area contributed by atoms with Crippen molar-refractivity contribution in [1.82, 2.24) is 5.32 Å². The van der Waals surface area contributed by atoms with Crippen molar-refractivity contribution in [2.45, 2.75) is 11.3 Å². The molecular formula is C19H16N2O5S. The molecule has 0 radical (unpaired) electrons. The van der Waals surface area contributed by atoms with Crippen LogP contribution in [-0.4, -0.2) is 36.1 Å². The first-order valence-corrected chi connectivity index (χ1v) is 9.14. The van der Waals surface area contributed by atoms with Gasteiger partial charge in [-0.2, -0.15) is 0 Å². The molecule has 8 heteroatoms. The van der Waals surface area contributed by atoms with Gasteiger partial charge >= 0.3 is 5.97 Å². The van der Waals surface area contributed by atoms with Crippen LogP contribution in [0.3, 0.4) is 0 Å². The van der Waals surface area contributed by atoms with Gasteiger partial charge in [0.2, 0.25) is 5.91 Å². The van der Waals surface area contributed by atoms with Crippen LogP contribution in [-0.2, 0) is 14.3 Å². The Morgan fingerprint density at radius 3 is 2.63 bits per heavy atom. The first-order chi connectivity index (χ1) is 13.0. The molecule has 0 saturated carbocycles. The second kappa shape index (κ2) is 8.50. The van der Waals surface area contributed by atoms with Crippen molar-refractivity contribution in [1.29, 1.82) is 0 Å². The maximum Gasteiger partial charge on any atom is 0.338 e. The molecule has 0 atom stereocenters. The molecule has 0 bridgehead atoms. The zero-order valence-corrected chi connectivity index (χ0v) is 15.0. The molecule has 3 rings (SSSR count). The number of hydrogen-bond donors (Lipinski definition) is 2. The van der Waals surface area contributed by atoms with Gasteiger partial charge < -0.3 is 10.1 Å². The Morgan fingerprint density at radius 1 is 1.07 bits per heavy atom. The standard InChI is InChI=1S/C19H16N2O5S/c22-16-8-9-27-15-7-6-13(10-14(15)20-16)19(25)26-11-17(23)21-18(24)12-4-2-1-3-5-12/h1-7,10H,8-9,11H2,(H,20,22)(H,21,23,24). The Bertz CT molecular complexity index is 898. The summed E-state index contributed by atoms with van der Waals surface area (Å²) in [4.78, 5) is 48.3. The third-order valence-electron chi connectivity index (χ3n) is 3.70. The summed E-state index contributed by atoms with van der Waals surface area (Å²) in [5.41, 5.74) is 1.08. The average molecular weight is 384 g/mol. The van der Waals surface area contributed by atoms with E-state index in [0.29, 0.717) is 23.4 Å². The van der Waals surface area contributed by atoms with Crippen molar-refractivity contribution in [3.8, 4) is 0 Å². The Labute approximate surface area is 159 Å². The molecule has 0 fully saturated rings. The summed E-state index contributed by atoms with van der Waals surface area (Å²) < 4.78 is 4.95. The van der Waals surface area contributed by atoms with E-state index in [2.05, 4.69) is 10.6 Å². The largest absolute Gasteiger partial charge is 0.452 e. The molecule has 7 nitrogen and oxygen atoms in total. The van der Waals surface area contributed by atoms with Gasteiger partial charge in [0, 0.05) is 22.6 Å². The number of fused-ring (bicyclic) bond motifs is 1. The number of benzene rings is 2. The summed E-state index contributed by atoms with van der Waals surface area (Å²) in [6.45, 7) is -0.588. The zero-order valence-electron chi connectivity index (χ0n) is 14.2. The van der Waals surface area contributed by atoms with Crippen molar-refractivity contribution < 1.29 is 23.9 Å². The van der Waals surface area contributed by atoms with E-state index < -0.39 is 24.4 Å². The normalized spacial score (nSPS) is 13.0. The molecule has 0 spiro atoms. The summed E-state index contributed by atoms with van der Waals surface area (Å²) in [5.74, 6) is -1.47. The fourth-order valence-corrected chi connectivity index (χ4v) is 3.32. The Kier molecular flexibility index (Phi) is 5.87. The van der Waals surface area contributed by atoms with E-state index in [4.69, 9.17) is 4.74 Å². The Morgan fingerprint density at radius 2 is 1.85 bits per heavy atom. The van der Waals surface area contributed by atoms with Gasteiger partial charge in [-0.25, -0.2) is 4.79 Å². The number of hydrogen-bond acceptors (Lipinski definition) is 6. The highest BCUT2D eigenvalue weighted by atomic mass is 32.2. The summed E-state index contributed by atoms with van der Waals surface area (Å²) in [5, 5.41) is 4.89. The number of carbonyl (C=O) groups excluding carboxylic acids is 4. The number of carbonyl (C=O) groups is 4. The lowest BCUT2D eigenvalue weighted by molar-refractivity contribution is -0.123. The highest BCUT2D eigenvalue weighted by Crippen LogP contribution is 2.31. The molecule has 27 heavy (non-hydrogen) atoms. The Hall–Kier alpha value is -3.13. The quantitative estimate of drug-likeness (QED) is 0.784. The van der Waals surface area contributed by atoms with Gasteiger partial charge in [-0.05, 0) is 30.3 Å². The molecule has 3 amide bonds. The monoisotopic (exact) mass is 384 g/mol. The van der Waals surface area contributed by atoms with Gasteiger partial charge in [-0.15, -0.1) is 11.8 Å². The fourth-order valence-electron chi connectivity index (χ4n) is 2.39. The summed E-state index contributed by atoms with van der Waals surface area (Å²) in [7, 11) is 0. The van der Waals surface area contributed by atoms with Crippen molar-refractivity contribution in [3.63, 3.8) is 0 Å². The first kappa shape index (κ1) is 18.7. The second-order valence-electron chi connectivity index (χ2n) is 5.68. The van der Waals surface area contributed by atoms with E-state index >= 15 is 0 Å². The number of nitrogens with one attached hydrogen (secondary N) is 2. The van der Waals surface area contributed by atoms with E-state index in [1.165, 1.54) is 17.8 Å². The fraction of sp³-hybridized carbons (Fsp3) is 0.158. The van der Waals surface area contributed by atoms with Crippen LogP contribution >= 0.6 is 11.8 Å². The number of rotatable bonds is 4. The molecule has 2 aromatic carbocycles. The number of ether oxygens (including phenoxy) is 1. The van der Waals surface area contributed by atoms with Gasteiger partial charge in [0.05, 0.1) is 11.3 Å². The van der Waals surface area contributed by atoms with E-state index in [-0.39, 0.29) is 11.5 Å². The van der Waals surface area contributed by atoms with Gasteiger partial charge in [-0.1, -0.05) is 18.2 Å². The smallest absolute Gasteiger partial charge is 0.338 e. The predicted molar refractivity (Wildman–Crippen MR) is 99.6 cm³/mol. The summed E-state index contributed by atoms with van der Waals surface area (Å²) in [6, 6.07) is 13.0. The molecule has 138 valence electrons. The average Bonchev–Trinajstić information content (AvgIpc) is 2.86. The highest BCUT2D eigenvalue weighted by molar-refractivity contribution is 7.99. The van der Waals surface area contributed by atoms with E-state index in [1.54, 1.807) is 42.5 Å². The molecule has 1 aliphatic rings. The molecule has 2 aromatic rings. The van der Waals surface area contributed by atoms with Crippen LogP contribution in [0.4, 0.5) is 5.69 Å². The molecule has 2 N–H and O–H groups in total. The lowest BCUT2D eigenvalue weighted by Gasteiger charge is -2.09. The number of thioether (sulfide) groups is 1. The van der Waals surface area contributed by atoms with E-state index in [9.17, 15) is 19.2 Å². The summed E-state index contributed by atoms with van der Waals surface area (Å²) >= 11 is 1.52. The number of anilines is 1. The molecular weight excluding hydrogens is 368 g/mol. The van der Waals surface area contributed by atoms with Crippen molar-refractivity contribution >= 4 is 41.1 Å². The lowest BCUT2D eigenvalue weighted by atomic mass is 10.2. The molecule has 0 aliphatic carbocycles. The van der Waals surface area contributed by atoms with Gasteiger partial charge in [-0.3, -0.25) is 19.7 Å². The van der Waals surface area contributed by atoms with Crippen molar-refractivity contribution in [2.24, 2.45) is 0 Å². The maximum atomic E-state index is 12.2. The van der Waals surface area contributed by atoms with E-state index in [1.807, 2.05) is 0 Å². The van der Waals surface area contributed by atoms with Crippen LogP contribution in [0.1, 0.15) is 27.1 Å². The highest BCUT2D eigenvalue weighted by Gasteiger charge is 2.18. The SMILES string of the molecule is O=C(COC(=O)c1ccc2c(c1)NC(=O)CCS2)NC(=O)c1ccccc1. The van der Waals surface area contributed by atoms with Crippen LogP contribution in [0.2, 0.25) is 0 Å². The minimum Gasteiger partial charge on any atom is -0.452 e. The van der Waals surface area contributed by atoms with Crippen LogP contribution < -0.4 is 10.6 Å². The molecule has 0 saturated heterocycles. The minimum atomic E-state index is -0.726. The molecule has 1 heterocycles. The van der Waals surface area contributed by atoms with Gasteiger partial charge in [0.1, 0.15) is 0 Å². The van der Waals surface area contributed by atoms with E-state index in [0.717, 1.165) is 4.90 Å². The number of esters is 1. The Balaban J connectivity index is 1.57. The van der Waals surface area contributed by atoms with Crippen LogP contribution in [0, 0.1) is 0 Å². The summed E-state index contributed by atoms with van der Waals surface area (Å²) in [6.07, 6.45) is 0.398.